The van der Waals surface area contributed by atoms with Gasteiger partial charge in [-0.1, -0.05) is 26.2 Å². The molecule has 0 aliphatic heterocycles. The second kappa shape index (κ2) is 5.88. The van der Waals surface area contributed by atoms with Gasteiger partial charge in [-0.15, -0.1) is 11.6 Å². The molecule has 0 spiro atoms. The van der Waals surface area contributed by atoms with Crippen LogP contribution >= 0.6 is 11.6 Å². The minimum absolute atomic E-state index is 0.368. The molecular formula is C17H23ClN2O. The largest absolute Gasteiger partial charge is 0.497 e. The number of methoxy groups -OCH3 is 1. The zero-order valence-corrected chi connectivity index (χ0v) is 13.6. The van der Waals surface area contributed by atoms with Crippen molar-refractivity contribution in [2.75, 3.05) is 7.11 Å². The predicted molar refractivity (Wildman–Crippen MR) is 87.0 cm³/mol. The minimum Gasteiger partial charge on any atom is -0.497 e. The maximum absolute atomic E-state index is 6.13. The van der Waals surface area contributed by atoms with Crippen molar-refractivity contribution in [2.45, 2.75) is 51.5 Å². The molecule has 0 N–H and O–H groups in total. The Balaban J connectivity index is 1.99. The highest BCUT2D eigenvalue weighted by atomic mass is 35.5. The first-order valence-corrected chi connectivity index (χ1v) is 8.28. The van der Waals surface area contributed by atoms with E-state index in [9.17, 15) is 0 Å². The fraction of sp³-hybridized carbons (Fsp3) is 0.588. The zero-order chi connectivity index (χ0) is 14.9. The molecule has 0 unspecified atom stereocenters. The van der Waals surface area contributed by atoms with E-state index in [2.05, 4.69) is 22.5 Å². The molecule has 1 aliphatic carbocycles. The SMILES string of the molecule is COc1ccc2c(c1)nc(CCl)n2CC1(C)CCCCC1. The van der Waals surface area contributed by atoms with Gasteiger partial charge < -0.3 is 9.30 Å². The molecule has 0 amide bonds. The molecule has 1 fully saturated rings. The number of nitrogens with zero attached hydrogens (tertiary/aromatic N) is 2. The normalized spacial score (nSPS) is 18.0. The average Bonchev–Trinajstić information content (AvgIpc) is 2.84. The van der Waals surface area contributed by atoms with E-state index in [1.807, 2.05) is 12.1 Å². The van der Waals surface area contributed by atoms with Crippen LogP contribution in [0.25, 0.3) is 11.0 Å². The van der Waals surface area contributed by atoms with Gasteiger partial charge >= 0.3 is 0 Å². The Bertz CT molecular complexity index is 629. The van der Waals surface area contributed by atoms with Crippen LogP contribution in [0, 0.1) is 5.41 Å². The van der Waals surface area contributed by atoms with Gasteiger partial charge in [-0.05, 0) is 30.4 Å². The number of benzene rings is 1. The smallest absolute Gasteiger partial charge is 0.124 e. The molecule has 21 heavy (non-hydrogen) atoms. The number of ether oxygens (including phenoxy) is 1. The third kappa shape index (κ3) is 2.89. The quantitative estimate of drug-likeness (QED) is 0.762. The van der Waals surface area contributed by atoms with Gasteiger partial charge in [0, 0.05) is 12.6 Å². The lowest BCUT2D eigenvalue weighted by Crippen LogP contribution is -2.26. The summed E-state index contributed by atoms with van der Waals surface area (Å²) in [6, 6.07) is 6.09. The van der Waals surface area contributed by atoms with E-state index in [0.29, 0.717) is 11.3 Å². The molecule has 1 aliphatic rings. The van der Waals surface area contributed by atoms with Crippen molar-refractivity contribution in [1.29, 1.82) is 0 Å². The first-order chi connectivity index (χ1) is 10.1. The van der Waals surface area contributed by atoms with Crippen molar-refractivity contribution < 1.29 is 4.74 Å². The first kappa shape index (κ1) is 14.7. The number of halogens is 1. The lowest BCUT2D eigenvalue weighted by molar-refractivity contribution is 0.184. The summed E-state index contributed by atoms with van der Waals surface area (Å²) in [5.74, 6) is 2.26. The van der Waals surface area contributed by atoms with Crippen LogP contribution in [0.2, 0.25) is 0 Å². The number of hydrogen-bond acceptors (Lipinski definition) is 2. The molecule has 0 radical (unpaired) electrons. The molecule has 1 saturated carbocycles. The maximum atomic E-state index is 6.13. The first-order valence-electron chi connectivity index (χ1n) is 7.74. The van der Waals surface area contributed by atoms with Gasteiger partial charge in [-0.25, -0.2) is 4.98 Å². The fourth-order valence-corrected chi connectivity index (χ4v) is 3.71. The Kier molecular flexibility index (Phi) is 4.12. The Morgan fingerprint density at radius 1 is 1.29 bits per heavy atom. The zero-order valence-electron chi connectivity index (χ0n) is 12.9. The summed E-state index contributed by atoms with van der Waals surface area (Å²) < 4.78 is 7.61. The van der Waals surface area contributed by atoms with E-state index in [1.165, 1.54) is 37.6 Å². The number of aromatic nitrogens is 2. The topological polar surface area (TPSA) is 27.1 Å². The van der Waals surface area contributed by atoms with Crippen LogP contribution in [0.1, 0.15) is 44.9 Å². The number of imidazole rings is 1. The molecule has 4 heteroatoms. The van der Waals surface area contributed by atoms with Gasteiger partial charge in [0.05, 0.1) is 24.0 Å². The molecule has 3 rings (SSSR count). The Morgan fingerprint density at radius 2 is 2.05 bits per heavy atom. The predicted octanol–water partition coefficient (Wildman–Crippen LogP) is 4.75. The van der Waals surface area contributed by atoms with E-state index in [-0.39, 0.29) is 0 Å². The molecule has 1 aromatic carbocycles. The Hall–Kier alpha value is -1.22. The highest BCUT2D eigenvalue weighted by molar-refractivity contribution is 6.16. The van der Waals surface area contributed by atoms with Crippen molar-refractivity contribution in [3.05, 3.63) is 24.0 Å². The van der Waals surface area contributed by atoms with Crippen LogP contribution in [0.4, 0.5) is 0 Å². The highest BCUT2D eigenvalue weighted by Gasteiger charge is 2.28. The van der Waals surface area contributed by atoms with Gasteiger partial charge in [-0.2, -0.15) is 0 Å². The number of alkyl halides is 1. The number of fused-ring (bicyclic) bond motifs is 1. The lowest BCUT2D eigenvalue weighted by Gasteiger charge is -2.34. The van der Waals surface area contributed by atoms with Crippen molar-refractivity contribution >= 4 is 22.6 Å². The van der Waals surface area contributed by atoms with Crippen LogP contribution in [-0.2, 0) is 12.4 Å². The number of hydrogen-bond donors (Lipinski definition) is 0. The van der Waals surface area contributed by atoms with E-state index < -0.39 is 0 Å². The minimum atomic E-state index is 0.368. The summed E-state index contributed by atoms with van der Waals surface area (Å²) in [5.41, 5.74) is 2.51. The summed E-state index contributed by atoms with van der Waals surface area (Å²) in [6.45, 7) is 3.41. The second-order valence-corrected chi connectivity index (χ2v) is 6.74. The van der Waals surface area contributed by atoms with E-state index in [4.69, 9.17) is 16.3 Å². The Morgan fingerprint density at radius 3 is 2.71 bits per heavy atom. The summed E-state index contributed by atoms with van der Waals surface area (Å²) in [7, 11) is 1.68. The van der Waals surface area contributed by atoms with E-state index in [0.717, 1.165) is 23.6 Å². The van der Waals surface area contributed by atoms with Gasteiger partial charge in [0.15, 0.2) is 0 Å². The summed E-state index contributed by atoms with van der Waals surface area (Å²) in [6.07, 6.45) is 6.65. The lowest BCUT2D eigenvalue weighted by atomic mass is 9.75. The molecule has 0 bridgehead atoms. The van der Waals surface area contributed by atoms with Crippen molar-refractivity contribution in [3.63, 3.8) is 0 Å². The monoisotopic (exact) mass is 306 g/mol. The molecule has 1 aromatic heterocycles. The molecule has 0 atom stereocenters. The van der Waals surface area contributed by atoms with Crippen LogP contribution in [0.3, 0.4) is 0 Å². The van der Waals surface area contributed by atoms with Crippen molar-refractivity contribution in [2.24, 2.45) is 5.41 Å². The van der Waals surface area contributed by atoms with Crippen molar-refractivity contribution in [3.8, 4) is 5.75 Å². The summed E-state index contributed by atoms with van der Waals surface area (Å²) in [5, 5.41) is 0. The van der Waals surface area contributed by atoms with Gasteiger partial charge in [0.2, 0.25) is 0 Å². The van der Waals surface area contributed by atoms with Gasteiger partial charge in [0.25, 0.3) is 0 Å². The van der Waals surface area contributed by atoms with Crippen LogP contribution in [0.15, 0.2) is 18.2 Å². The summed E-state index contributed by atoms with van der Waals surface area (Å²) in [4.78, 5) is 4.69. The average molecular weight is 307 g/mol. The maximum Gasteiger partial charge on any atom is 0.124 e. The molecule has 1 heterocycles. The van der Waals surface area contributed by atoms with Crippen LogP contribution in [0.5, 0.6) is 5.75 Å². The van der Waals surface area contributed by atoms with Crippen LogP contribution in [-0.4, -0.2) is 16.7 Å². The fourth-order valence-electron chi connectivity index (χ4n) is 3.51. The second-order valence-electron chi connectivity index (χ2n) is 6.47. The molecular weight excluding hydrogens is 284 g/mol. The summed E-state index contributed by atoms with van der Waals surface area (Å²) >= 11 is 6.13. The highest BCUT2D eigenvalue weighted by Crippen LogP contribution is 2.38. The van der Waals surface area contributed by atoms with E-state index >= 15 is 0 Å². The number of rotatable bonds is 4. The van der Waals surface area contributed by atoms with Gasteiger partial charge in [0.1, 0.15) is 11.6 Å². The standard InChI is InChI=1S/C17H23ClN2O/c1-17(8-4-3-5-9-17)12-20-15-7-6-13(21-2)10-14(15)19-16(20)11-18/h6-7,10H,3-5,8-9,11-12H2,1-2H3. The van der Waals surface area contributed by atoms with Crippen LogP contribution < -0.4 is 4.74 Å². The third-order valence-corrected chi connectivity index (χ3v) is 4.99. The van der Waals surface area contributed by atoms with Gasteiger partial charge in [-0.3, -0.25) is 0 Å². The molecule has 114 valence electrons. The van der Waals surface area contributed by atoms with E-state index in [1.54, 1.807) is 7.11 Å². The molecule has 2 aromatic rings. The molecule has 0 saturated heterocycles. The molecule has 3 nitrogen and oxygen atoms in total. The Labute approximate surface area is 131 Å². The van der Waals surface area contributed by atoms with Crippen molar-refractivity contribution in [1.82, 2.24) is 9.55 Å². The third-order valence-electron chi connectivity index (χ3n) is 4.75.